The number of primary amides is 1. The van der Waals surface area contributed by atoms with E-state index in [-0.39, 0.29) is 40.9 Å². The van der Waals surface area contributed by atoms with Gasteiger partial charge in [-0.05, 0) is 18.2 Å². The van der Waals surface area contributed by atoms with E-state index in [9.17, 15) is 17.8 Å². The maximum absolute atomic E-state index is 10.9. The van der Waals surface area contributed by atoms with Crippen LogP contribution in [0.25, 0.3) is 0 Å². The Morgan fingerprint density at radius 1 is 1.44 bits per heavy atom. The second-order valence-electron chi connectivity index (χ2n) is 2.68. The fourth-order valence-corrected chi connectivity index (χ4v) is 1.53. The van der Waals surface area contributed by atoms with E-state index in [1.54, 1.807) is 0 Å². The van der Waals surface area contributed by atoms with Gasteiger partial charge in [0.1, 0.15) is 15.9 Å². The molecule has 0 aromatic heterocycles. The van der Waals surface area contributed by atoms with Crippen LogP contribution in [0.1, 0.15) is 10.4 Å². The molecule has 0 heterocycles. The number of carbonyl (C=O) groups is 1. The molecular weight excluding hydrogens is 245 g/mol. The zero-order chi connectivity index (χ0) is 11.6. The molecule has 8 heteroatoms. The first kappa shape index (κ1) is 15.4. The zero-order valence-electron chi connectivity index (χ0n) is 8.76. The average Bonchev–Trinajstić information content (AvgIpc) is 2.15. The minimum atomic E-state index is -4.60. The van der Waals surface area contributed by atoms with Crippen molar-refractivity contribution in [3.8, 4) is 5.75 Å². The van der Waals surface area contributed by atoms with Crippen molar-refractivity contribution in [2.75, 3.05) is 7.11 Å². The summed E-state index contributed by atoms with van der Waals surface area (Å²) in [5.74, 6) is -0.743. The van der Waals surface area contributed by atoms with Crippen LogP contribution < -0.4 is 40.0 Å². The molecule has 0 saturated heterocycles. The van der Waals surface area contributed by atoms with Crippen LogP contribution in [0.2, 0.25) is 0 Å². The Hall–Kier alpha value is -0.600. The summed E-state index contributed by atoms with van der Waals surface area (Å²) in [6, 6.07) is 3.14. The third kappa shape index (κ3) is 3.46. The van der Waals surface area contributed by atoms with Crippen molar-refractivity contribution in [2.24, 2.45) is 5.73 Å². The molecule has 1 amide bonds. The molecule has 0 fully saturated rings. The number of benzene rings is 1. The summed E-state index contributed by atoms with van der Waals surface area (Å²) in [6.45, 7) is 0. The van der Waals surface area contributed by atoms with E-state index >= 15 is 0 Å². The van der Waals surface area contributed by atoms with Gasteiger partial charge in [-0.3, -0.25) is 4.79 Å². The molecule has 0 aliphatic heterocycles. The first-order chi connectivity index (χ1) is 6.86. The molecule has 0 saturated carbocycles. The Bertz CT molecular complexity index is 499. The number of nitrogens with two attached hydrogens (primary N) is 1. The molecule has 0 radical (unpaired) electrons. The van der Waals surface area contributed by atoms with E-state index in [1.165, 1.54) is 13.2 Å². The fraction of sp³-hybridized carbons (Fsp3) is 0.125. The molecule has 0 spiro atoms. The van der Waals surface area contributed by atoms with E-state index < -0.39 is 20.9 Å². The third-order valence-corrected chi connectivity index (χ3v) is 2.56. The largest absolute Gasteiger partial charge is 1.00 e. The number of methoxy groups -OCH3 is 1. The summed E-state index contributed by atoms with van der Waals surface area (Å²) in [7, 11) is -3.30. The number of hydrogen-bond acceptors (Lipinski definition) is 5. The smallest absolute Gasteiger partial charge is 0.744 e. The molecule has 0 bridgehead atoms. The van der Waals surface area contributed by atoms with Crippen LogP contribution in [0, 0.1) is 0 Å². The number of ether oxygens (including phenoxy) is 1. The summed E-state index contributed by atoms with van der Waals surface area (Å²) in [6.07, 6.45) is 0. The van der Waals surface area contributed by atoms with Crippen LogP contribution in [0.4, 0.5) is 0 Å². The molecule has 16 heavy (non-hydrogen) atoms. The zero-order valence-corrected chi connectivity index (χ0v) is 11.6. The van der Waals surface area contributed by atoms with Crippen LogP contribution in [0.3, 0.4) is 0 Å². The first-order valence-electron chi connectivity index (χ1n) is 3.80. The molecule has 1 rings (SSSR count). The van der Waals surface area contributed by atoms with Gasteiger partial charge in [0.05, 0.1) is 17.6 Å². The molecule has 2 N–H and O–H groups in total. The Morgan fingerprint density at radius 3 is 2.38 bits per heavy atom. The van der Waals surface area contributed by atoms with Gasteiger partial charge in [-0.1, -0.05) is 0 Å². The van der Waals surface area contributed by atoms with Gasteiger partial charge in [-0.2, -0.15) is 0 Å². The topological polar surface area (TPSA) is 110 Å². The minimum absolute atomic E-state index is 0. The van der Waals surface area contributed by atoms with Gasteiger partial charge < -0.3 is 15.0 Å². The van der Waals surface area contributed by atoms with E-state index in [4.69, 9.17) is 10.5 Å². The Morgan fingerprint density at radius 2 is 2.00 bits per heavy atom. The predicted molar refractivity (Wildman–Crippen MR) is 49.5 cm³/mol. The molecule has 1 aromatic rings. The van der Waals surface area contributed by atoms with Crippen molar-refractivity contribution in [1.29, 1.82) is 0 Å². The Kier molecular flexibility index (Phi) is 5.43. The van der Waals surface area contributed by atoms with Crippen LogP contribution in [0.15, 0.2) is 23.1 Å². The first-order valence-corrected chi connectivity index (χ1v) is 5.21. The predicted octanol–water partition coefficient (Wildman–Crippen LogP) is -3.30. The summed E-state index contributed by atoms with van der Waals surface area (Å²) in [5.41, 5.74) is 4.84. The van der Waals surface area contributed by atoms with Crippen molar-refractivity contribution in [1.82, 2.24) is 0 Å². The van der Waals surface area contributed by atoms with Crippen LogP contribution in [-0.2, 0) is 10.1 Å². The number of rotatable bonds is 3. The monoisotopic (exact) mass is 253 g/mol. The summed E-state index contributed by atoms with van der Waals surface area (Å²) in [4.78, 5) is 10.4. The summed E-state index contributed by atoms with van der Waals surface area (Å²) < 4.78 is 36.8. The Labute approximate surface area is 115 Å². The van der Waals surface area contributed by atoms with Gasteiger partial charge in [0, 0.05) is 0 Å². The SMILES string of the molecule is COc1ccc(S(=O)(=O)[O-])cc1C(N)=O.[Na+]. The normalized spacial score (nSPS) is 10.4. The van der Waals surface area contributed by atoms with Gasteiger partial charge >= 0.3 is 29.6 Å². The molecule has 0 unspecified atom stereocenters. The van der Waals surface area contributed by atoms with Crippen molar-refractivity contribution in [3.05, 3.63) is 23.8 Å². The maximum Gasteiger partial charge on any atom is 1.00 e. The molecule has 82 valence electrons. The number of amides is 1. The van der Waals surface area contributed by atoms with Crippen molar-refractivity contribution in [3.63, 3.8) is 0 Å². The molecule has 6 nitrogen and oxygen atoms in total. The third-order valence-electron chi connectivity index (χ3n) is 1.73. The van der Waals surface area contributed by atoms with Gasteiger partial charge in [-0.25, -0.2) is 8.42 Å². The molecule has 0 aliphatic rings. The van der Waals surface area contributed by atoms with Gasteiger partial charge in [0.25, 0.3) is 5.91 Å². The van der Waals surface area contributed by atoms with Crippen LogP contribution >= 0.6 is 0 Å². The molecule has 0 aliphatic carbocycles. The molecule has 0 atom stereocenters. The number of carbonyl (C=O) groups excluding carboxylic acids is 1. The molecular formula is C8H8NNaO5S. The summed E-state index contributed by atoms with van der Waals surface area (Å²) >= 11 is 0. The van der Waals surface area contributed by atoms with Crippen molar-refractivity contribution < 1.29 is 52.1 Å². The van der Waals surface area contributed by atoms with Crippen molar-refractivity contribution >= 4 is 16.0 Å². The second kappa shape index (κ2) is 5.65. The molecule has 1 aromatic carbocycles. The standard InChI is InChI=1S/C8H9NO5S.Na/c1-14-7-3-2-5(15(11,12)13)4-6(7)8(9)10;/h2-4H,1H3,(H2,9,10)(H,11,12,13);/q;+1/p-1. The number of hydrogen-bond donors (Lipinski definition) is 1. The summed E-state index contributed by atoms with van der Waals surface area (Å²) in [5, 5.41) is 0. The van der Waals surface area contributed by atoms with E-state index in [1.807, 2.05) is 0 Å². The van der Waals surface area contributed by atoms with Gasteiger partial charge in [0.15, 0.2) is 0 Å². The van der Waals surface area contributed by atoms with E-state index in [0.29, 0.717) is 0 Å². The van der Waals surface area contributed by atoms with Crippen LogP contribution in [0.5, 0.6) is 5.75 Å². The second-order valence-corrected chi connectivity index (χ2v) is 4.06. The fourth-order valence-electron chi connectivity index (χ4n) is 1.04. The average molecular weight is 253 g/mol. The Balaban J connectivity index is 0.00000225. The minimum Gasteiger partial charge on any atom is -0.744 e. The van der Waals surface area contributed by atoms with E-state index in [2.05, 4.69) is 0 Å². The van der Waals surface area contributed by atoms with Gasteiger partial charge in [-0.15, -0.1) is 0 Å². The quantitative estimate of drug-likeness (QED) is 0.448. The van der Waals surface area contributed by atoms with Gasteiger partial charge in [0.2, 0.25) is 0 Å². The van der Waals surface area contributed by atoms with E-state index in [0.717, 1.165) is 12.1 Å². The van der Waals surface area contributed by atoms with Crippen molar-refractivity contribution in [2.45, 2.75) is 4.90 Å². The maximum atomic E-state index is 10.9. The van der Waals surface area contributed by atoms with Crippen LogP contribution in [-0.4, -0.2) is 26.0 Å².